The molecule has 0 aliphatic carbocycles. The van der Waals surface area contributed by atoms with E-state index >= 15 is 0 Å². The molecule has 2 aromatic heterocycles. The van der Waals surface area contributed by atoms with Gasteiger partial charge in [-0.2, -0.15) is 0 Å². The number of hydrogen-bond acceptors (Lipinski definition) is 3. The molecule has 0 aliphatic heterocycles. The van der Waals surface area contributed by atoms with Gasteiger partial charge in [0.1, 0.15) is 10.9 Å². The van der Waals surface area contributed by atoms with Crippen LogP contribution in [0.2, 0.25) is 0 Å². The maximum Gasteiger partial charge on any atom is 0.316 e. The molecule has 2 heterocycles. The third-order valence-corrected chi connectivity index (χ3v) is 3.89. The number of carboxylic acid groups (broad SMARTS) is 1. The Labute approximate surface area is 104 Å². The first kappa shape index (κ1) is 12.0. The molecule has 1 unspecified atom stereocenters. The van der Waals surface area contributed by atoms with Gasteiger partial charge in [-0.25, -0.2) is 4.98 Å². The number of imidazole rings is 1. The summed E-state index contributed by atoms with van der Waals surface area (Å²) in [6.07, 6.45) is 4.51. The normalized spacial score (nSPS) is 12.8. The van der Waals surface area contributed by atoms with Crippen molar-refractivity contribution in [2.45, 2.75) is 24.3 Å². The molecule has 0 aromatic carbocycles. The molecule has 0 spiro atoms. The van der Waals surface area contributed by atoms with Gasteiger partial charge in [0, 0.05) is 18.1 Å². The van der Waals surface area contributed by atoms with E-state index in [0.717, 1.165) is 11.3 Å². The van der Waals surface area contributed by atoms with Gasteiger partial charge in [0.2, 0.25) is 0 Å². The largest absolute Gasteiger partial charge is 0.480 e. The number of rotatable bonds is 5. The van der Waals surface area contributed by atoms with Gasteiger partial charge in [0.05, 0.1) is 5.69 Å². The van der Waals surface area contributed by atoms with E-state index in [1.54, 1.807) is 0 Å². The summed E-state index contributed by atoms with van der Waals surface area (Å²) in [4.78, 5) is 15.3. The minimum Gasteiger partial charge on any atom is -0.480 e. The highest BCUT2D eigenvalue weighted by atomic mass is 32.2. The molecule has 0 bridgehead atoms. The van der Waals surface area contributed by atoms with Crippen LogP contribution in [0.4, 0.5) is 0 Å². The monoisotopic (exact) mass is 250 g/mol. The second-order valence-corrected chi connectivity index (χ2v) is 4.94. The molecule has 0 fully saturated rings. The van der Waals surface area contributed by atoms with Crippen LogP contribution in [0.15, 0.2) is 30.6 Å². The van der Waals surface area contributed by atoms with Crippen LogP contribution in [0.1, 0.15) is 19.0 Å². The van der Waals surface area contributed by atoms with E-state index in [1.165, 1.54) is 11.8 Å². The first-order chi connectivity index (χ1) is 8.20. The number of nitrogens with zero attached hydrogens (tertiary/aromatic N) is 2. The molecular formula is C12H14N2O2S. The van der Waals surface area contributed by atoms with Gasteiger partial charge < -0.3 is 9.51 Å². The molecule has 2 aromatic rings. The standard InChI is InChI=1S/C12H14N2O2S/c1-2-10(12(15)16)17-8-9-7-14-6-4-3-5-11(14)13-9/h3-7,10H,2,8H2,1H3,(H,15,16). The van der Waals surface area contributed by atoms with Crippen molar-refractivity contribution in [2.24, 2.45) is 0 Å². The Bertz CT molecular complexity index is 491. The Kier molecular flexibility index (Phi) is 3.68. The van der Waals surface area contributed by atoms with Gasteiger partial charge >= 0.3 is 5.97 Å². The van der Waals surface area contributed by atoms with Gasteiger partial charge in [-0.3, -0.25) is 4.79 Å². The van der Waals surface area contributed by atoms with Crippen molar-refractivity contribution >= 4 is 23.4 Å². The van der Waals surface area contributed by atoms with Gasteiger partial charge in [0.15, 0.2) is 0 Å². The highest BCUT2D eigenvalue weighted by molar-refractivity contribution is 7.99. The van der Waals surface area contributed by atoms with Crippen molar-refractivity contribution in [2.75, 3.05) is 0 Å². The molecule has 0 saturated heterocycles. The van der Waals surface area contributed by atoms with Crippen LogP contribution in [-0.2, 0) is 10.5 Å². The zero-order valence-corrected chi connectivity index (χ0v) is 10.4. The Morgan fingerprint density at radius 3 is 3.06 bits per heavy atom. The van der Waals surface area contributed by atoms with Crippen LogP contribution in [0, 0.1) is 0 Å². The van der Waals surface area contributed by atoms with Crippen molar-refractivity contribution in [3.63, 3.8) is 0 Å². The molecule has 0 amide bonds. The second kappa shape index (κ2) is 5.23. The Morgan fingerprint density at radius 2 is 2.41 bits per heavy atom. The Balaban J connectivity index is 2.06. The van der Waals surface area contributed by atoms with Crippen LogP contribution in [0.25, 0.3) is 5.65 Å². The van der Waals surface area contributed by atoms with Crippen molar-refractivity contribution in [3.8, 4) is 0 Å². The van der Waals surface area contributed by atoms with E-state index in [4.69, 9.17) is 5.11 Å². The number of carbonyl (C=O) groups is 1. The van der Waals surface area contributed by atoms with Gasteiger partial charge in [-0.15, -0.1) is 11.8 Å². The lowest BCUT2D eigenvalue weighted by Gasteiger charge is -2.07. The van der Waals surface area contributed by atoms with Crippen molar-refractivity contribution in [1.29, 1.82) is 0 Å². The van der Waals surface area contributed by atoms with Gasteiger partial charge in [-0.1, -0.05) is 13.0 Å². The summed E-state index contributed by atoms with van der Waals surface area (Å²) in [5, 5.41) is 8.60. The summed E-state index contributed by atoms with van der Waals surface area (Å²) in [6.45, 7) is 1.88. The fourth-order valence-corrected chi connectivity index (χ4v) is 2.50. The lowest BCUT2D eigenvalue weighted by atomic mass is 10.3. The number of pyridine rings is 1. The number of aromatic nitrogens is 2. The van der Waals surface area contributed by atoms with E-state index in [2.05, 4.69) is 4.98 Å². The minimum atomic E-state index is -0.749. The highest BCUT2D eigenvalue weighted by Crippen LogP contribution is 2.20. The molecule has 17 heavy (non-hydrogen) atoms. The van der Waals surface area contributed by atoms with Crippen LogP contribution in [0.3, 0.4) is 0 Å². The quantitative estimate of drug-likeness (QED) is 0.885. The molecular weight excluding hydrogens is 236 g/mol. The van der Waals surface area contributed by atoms with E-state index in [1.807, 2.05) is 41.9 Å². The zero-order chi connectivity index (χ0) is 12.3. The first-order valence-corrected chi connectivity index (χ1v) is 6.52. The van der Waals surface area contributed by atoms with Gasteiger partial charge in [0.25, 0.3) is 0 Å². The molecule has 0 saturated carbocycles. The maximum absolute atomic E-state index is 10.9. The molecule has 4 nitrogen and oxygen atoms in total. The van der Waals surface area contributed by atoms with Crippen LogP contribution in [-0.4, -0.2) is 25.7 Å². The predicted octanol–water partition coefficient (Wildman–Crippen LogP) is 2.43. The maximum atomic E-state index is 10.9. The number of carboxylic acids is 1. The minimum absolute atomic E-state index is 0.347. The molecule has 90 valence electrons. The smallest absolute Gasteiger partial charge is 0.316 e. The van der Waals surface area contributed by atoms with Crippen LogP contribution >= 0.6 is 11.8 Å². The lowest BCUT2D eigenvalue weighted by molar-refractivity contribution is -0.136. The second-order valence-electron chi connectivity index (χ2n) is 3.74. The average molecular weight is 250 g/mol. The zero-order valence-electron chi connectivity index (χ0n) is 9.54. The summed E-state index contributed by atoms with van der Waals surface area (Å²) in [7, 11) is 0. The van der Waals surface area contributed by atoms with Crippen molar-refractivity contribution in [1.82, 2.24) is 9.38 Å². The number of thioether (sulfide) groups is 1. The van der Waals surface area contributed by atoms with Gasteiger partial charge in [-0.05, 0) is 18.6 Å². The predicted molar refractivity (Wildman–Crippen MR) is 68.2 cm³/mol. The highest BCUT2D eigenvalue weighted by Gasteiger charge is 2.15. The molecule has 5 heteroatoms. The lowest BCUT2D eigenvalue weighted by Crippen LogP contribution is -2.15. The summed E-state index contributed by atoms with van der Waals surface area (Å²) in [6, 6.07) is 5.81. The molecule has 0 radical (unpaired) electrons. The van der Waals surface area contributed by atoms with Crippen LogP contribution < -0.4 is 0 Å². The summed E-state index contributed by atoms with van der Waals surface area (Å²) >= 11 is 1.42. The number of aliphatic carboxylic acids is 1. The summed E-state index contributed by atoms with van der Waals surface area (Å²) < 4.78 is 1.94. The van der Waals surface area contributed by atoms with E-state index < -0.39 is 5.97 Å². The third-order valence-electron chi connectivity index (χ3n) is 2.49. The SMILES string of the molecule is CCC(SCc1cn2ccccc2n1)C(=O)O. The fourth-order valence-electron chi connectivity index (χ4n) is 1.61. The number of fused-ring (bicyclic) bond motifs is 1. The number of hydrogen-bond donors (Lipinski definition) is 1. The topological polar surface area (TPSA) is 54.6 Å². The van der Waals surface area contributed by atoms with E-state index in [9.17, 15) is 4.79 Å². The van der Waals surface area contributed by atoms with Crippen LogP contribution in [0.5, 0.6) is 0 Å². The van der Waals surface area contributed by atoms with Crippen molar-refractivity contribution in [3.05, 3.63) is 36.3 Å². The Hall–Kier alpha value is -1.49. The molecule has 2 rings (SSSR count). The van der Waals surface area contributed by atoms with E-state index in [0.29, 0.717) is 12.2 Å². The van der Waals surface area contributed by atoms with E-state index in [-0.39, 0.29) is 5.25 Å². The van der Waals surface area contributed by atoms with Crippen molar-refractivity contribution < 1.29 is 9.90 Å². The third kappa shape index (κ3) is 2.79. The molecule has 1 atom stereocenters. The molecule has 0 aliphatic rings. The Morgan fingerprint density at radius 1 is 1.59 bits per heavy atom. The summed E-state index contributed by atoms with van der Waals surface area (Å²) in [5.41, 5.74) is 1.81. The average Bonchev–Trinajstić information content (AvgIpc) is 2.71. The molecule has 1 N–H and O–H groups in total. The first-order valence-electron chi connectivity index (χ1n) is 5.47. The fraction of sp³-hybridized carbons (Fsp3) is 0.333. The summed E-state index contributed by atoms with van der Waals surface area (Å²) in [5.74, 6) is -0.117.